The number of ether oxygens (including phenoxy) is 1. The second kappa shape index (κ2) is 10.3. The average molecular weight is 340 g/mol. The molecule has 128 valence electrons. The van der Waals surface area contributed by atoms with Crippen LogP contribution in [-0.2, 0) is 20.9 Å². The molecule has 0 saturated carbocycles. The summed E-state index contributed by atoms with van der Waals surface area (Å²) in [5.74, 6) is -0.243. The van der Waals surface area contributed by atoms with Crippen molar-refractivity contribution in [2.24, 2.45) is 5.92 Å². The molecule has 0 atom stereocenters. The molecule has 0 heterocycles. The molecule has 0 unspecified atom stereocenters. The van der Waals surface area contributed by atoms with Crippen molar-refractivity contribution in [3.63, 3.8) is 0 Å². The fourth-order valence-electron chi connectivity index (χ4n) is 2.45. The quantitative estimate of drug-likeness (QED) is 0.637. The van der Waals surface area contributed by atoms with Crippen LogP contribution in [0.3, 0.4) is 0 Å². The van der Waals surface area contributed by atoms with Gasteiger partial charge in [-0.25, -0.2) is 0 Å². The molecule has 1 amide bonds. The van der Waals surface area contributed by atoms with Crippen molar-refractivity contribution in [2.75, 3.05) is 13.2 Å². The molecule has 0 N–H and O–H groups in total. The Balaban J connectivity index is 2.85. The van der Waals surface area contributed by atoms with Crippen LogP contribution in [-0.4, -0.2) is 29.9 Å². The molecule has 0 aliphatic carbocycles. The number of rotatable bonds is 9. The predicted molar refractivity (Wildman–Crippen MR) is 92.2 cm³/mol. The van der Waals surface area contributed by atoms with E-state index in [9.17, 15) is 9.59 Å². The van der Waals surface area contributed by atoms with Crippen molar-refractivity contribution >= 4 is 23.5 Å². The highest BCUT2D eigenvalue weighted by Gasteiger charge is 2.23. The van der Waals surface area contributed by atoms with Gasteiger partial charge in [-0.2, -0.15) is 0 Å². The summed E-state index contributed by atoms with van der Waals surface area (Å²) in [6.07, 6.45) is 1.77. The minimum atomic E-state index is -0.283. The molecule has 0 bridgehead atoms. The first-order valence-electron chi connectivity index (χ1n) is 8.21. The molecular weight excluding hydrogens is 314 g/mol. The van der Waals surface area contributed by atoms with Crippen LogP contribution in [0, 0.1) is 5.92 Å². The number of nitrogens with zero attached hydrogens (tertiary/aromatic N) is 1. The van der Waals surface area contributed by atoms with Gasteiger partial charge in [0, 0.05) is 24.0 Å². The van der Waals surface area contributed by atoms with Crippen LogP contribution in [0.2, 0.25) is 5.02 Å². The monoisotopic (exact) mass is 339 g/mol. The zero-order chi connectivity index (χ0) is 17.2. The van der Waals surface area contributed by atoms with Crippen LogP contribution < -0.4 is 0 Å². The maximum atomic E-state index is 12.7. The second-order valence-corrected chi connectivity index (χ2v) is 5.83. The highest BCUT2D eigenvalue weighted by atomic mass is 35.5. The van der Waals surface area contributed by atoms with E-state index in [2.05, 4.69) is 0 Å². The van der Waals surface area contributed by atoms with Crippen LogP contribution in [0.5, 0.6) is 0 Å². The van der Waals surface area contributed by atoms with Gasteiger partial charge in [-0.3, -0.25) is 9.59 Å². The number of hydrogen-bond donors (Lipinski definition) is 0. The van der Waals surface area contributed by atoms with Crippen LogP contribution >= 0.6 is 11.6 Å². The van der Waals surface area contributed by atoms with Gasteiger partial charge in [-0.1, -0.05) is 43.6 Å². The maximum absolute atomic E-state index is 12.7. The molecule has 0 aromatic heterocycles. The van der Waals surface area contributed by atoms with E-state index in [-0.39, 0.29) is 24.2 Å². The fraction of sp³-hybridized carbons (Fsp3) is 0.556. The van der Waals surface area contributed by atoms with Gasteiger partial charge in [0.15, 0.2) is 0 Å². The van der Waals surface area contributed by atoms with Crippen LogP contribution in [0.4, 0.5) is 0 Å². The molecule has 0 saturated heterocycles. The lowest BCUT2D eigenvalue weighted by molar-refractivity contribution is -0.144. The third kappa shape index (κ3) is 6.22. The molecular formula is C18H26ClNO3. The van der Waals surface area contributed by atoms with E-state index < -0.39 is 0 Å². The summed E-state index contributed by atoms with van der Waals surface area (Å²) < 4.78 is 4.96. The van der Waals surface area contributed by atoms with Crippen LogP contribution in [0.25, 0.3) is 0 Å². The maximum Gasteiger partial charge on any atom is 0.307 e. The van der Waals surface area contributed by atoms with E-state index in [1.807, 2.05) is 38.1 Å². The topological polar surface area (TPSA) is 46.6 Å². The molecule has 0 radical (unpaired) electrons. The Hall–Kier alpha value is -1.55. The Morgan fingerprint density at radius 3 is 2.39 bits per heavy atom. The van der Waals surface area contributed by atoms with Gasteiger partial charge in [0.05, 0.1) is 13.0 Å². The number of amides is 1. The molecule has 0 aliphatic rings. The molecule has 0 fully saturated rings. The van der Waals surface area contributed by atoms with Crippen molar-refractivity contribution in [3.8, 4) is 0 Å². The van der Waals surface area contributed by atoms with E-state index in [0.717, 1.165) is 18.4 Å². The van der Waals surface area contributed by atoms with Gasteiger partial charge in [-0.15, -0.1) is 0 Å². The molecule has 1 aromatic carbocycles. The number of esters is 1. The number of benzene rings is 1. The molecule has 1 aromatic rings. The third-order valence-electron chi connectivity index (χ3n) is 3.86. The summed E-state index contributed by atoms with van der Waals surface area (Å²) in [5.41, 5.74) is 0.886. The van der Waals surface area contributed by atoms with Gasteiger partial charge in [0.1, 0.15) is 0 Å². The van der Waals surface area contributed by atoms with Gasteiger partial charge >= 0.3 is 5.97 Å². The summed E-state index contributed by atoms with van der Waals surface area (Å²) in [6, 6.07) is 7.46. The lowest BCUT2D eigenvalue weighted by Crippen LogP contribution is -2.37. The standard InChI is InChI=1S/C18H26ClNO3/c1-4-14(5-2)18(22)20(12-11-17(21)23-6-3)13-15-9-7-8-10-16(15)19/h7-10,14H,4-6,11-13H2,1-3H3. The number of hydrogen-bond acceptors (Lipinski definition) is 3. The summed E-state index contributed by atoms with van der Waals surface area (Å²) in [6.45, 7) is 6.89. The minimum Gasteiger partial charge on any atom is -0.466 e. The van der Waals surface area contributed by atoms with Crippen molar-refractivity contribution in [1.82, 2.24) is 4.90 Å². The number of halogens is 1. The smallest absolute Gasteiger partial charge is 0.307 e. The molecule has 0 aliphatic heterocycles. The van der Waals surface area contributed by atoms with Gasteiger partial charge < -0.3 is 9.64 Å². The van der Waals surface area contributed by atoms with Crippen molar-refractivity contribution < 1.29 is 14.3 Å². The van der Waals surface area contributed by atoms with Crippen LogP contribution in [0.15, 0.2) is 24.3 Å². The minimum absolute atomic E-state index is 0.0281. The van der Waals surface area contributed by atoms with Gasteiger partial charge in [0.25, 0.3) is 0 Å². The first kappa shape index (κ1) is 19.5. The molecule has 4 nitrogen and oxygen atoms in total. The zero-order valence-electron chi connectivity index (χ0n) is 14.2. The van der Waals surface area contributed by atoms with Crippen molar-refractivity contribution in [3.05, 3.63) is 34.9 Å². The van der Waals surface area contributed by atoms with Crippen molar-refractivity contribution in [1.29, 1.82) is 0 Å². The Morgan fingerprint density at radius 2 is 1.83 bits per heavy atom. The predicted octanol–water partition coefficient (Wildman–Crippen LogP) is 4.06. The van der Waals surface area contributed by atoms with Gasteiger partial charge in [-0.05, 0) is 31.4 Å². The number of carbonyl (C=O) groups excluding carboxylic acids is 2. The van der Waals surface area contributed by atoms with E-state index in [4.69, 9.17) is 16.3 Å². The average Bonchev–Trinajstić information content (AvgIpc) is 2.54. The SMILES string of the molecule is CCOC(=O)CCN(Cc1ccccc1Cl)C(=O)C(CC)CC. The fourth-order valence-corrected chi connectivity index (χ4v) is 2.65. The largest absolute Gasteiger partial charge is 0.466 e. The lowest BCUT2D eigenvalue weighted by atomic mass is 10.0. The molecule has 0 spiro atoms. The van der Waals surface area contributed by atoms with Crippen molar-refractivity contribution in [2.45, 2.75) is 46.6 Å². The Morgan fingerprint density at radius 1 is 1.17 bits per heavy atom. The Bertz CT molecular complexity index is 515. The van der Waals surface area contributed by atoms with Gasteiger partial charge in [0.2, 0.25) is 5.91 Å². The first-order chi connectivity index (χ1) is 11.0. The summed E-state index contributed by atoms with van der Waals surface area (Å²) in [5, 5.41) is 0.631. The highest BCUT2D eigenvalue weighted by Crippen LogP contribution is 2.20. The number of carbonyl (C=O) groups is 2. The first-order valence-corrected chi connectivity index (χ1v) is 8.59. The molecule has 23 heavy (non-hydrogen) atoms. The highest BCUT2D eigenvalue weighted by molar-refractivity contribution is 6.31. The molecule has 1 rings (SSSR count). The second-order valence-electron chi connectivity index (χ2n) is 5.42. The summed E-state index contributed by atoms with van der Waals surface area (Å²) in [7, 11) is 0. The summed E-state index contributed by atoms with van der Waals surface area (Å²) >= 11 is 6.20. The third-order valence-corrected chi connectivity index (χ3v) is 4.23. The Labute approximate surface area is 143 Å². The van der Waals surface area contributed by atoms with E-state index in [1.54, 1.807) is 11.8 Å². The van der Waals surface area contributed by atoms with E-state index in [1.165, 1.54) is 0 Å². The summed E-state index contributed by atoms with van der Waals surface area (Å²) in [4.78, 5) is 26.1. The zero-order valence-corrected chi connectivity index (χ0v) is 14.9. The lowest BCUT2D eigenvalue weighted by Gasteiger charge is -2.27. The normalized spacial score (nSPS) is 10.7. The van der Waals surface area contributed by atoms with E-state index in [0.29, 0.717) is 24.7 Å². The van der Waals surface area contributed by atoms with E-state index >= 15 is 0 Å². The molecule has 5 heteroatoms. The Kier molecular flexibility index (Phi) is 8.70. The van der Waals surface area contributed by atoms with Crippen LogP contribution in [0.1, 0.15) is 45.6 Å².